The van der Waals surface area contributed by atoms with Crippen molar-refractivity contribution in [2.45, 2.75) is 26.5 Å². The zero-order valence-corrected chi connectivity index (χ0v) is 18.2. The molecule has 0 aliphatic carbocycles. The minimum absolute atomic E-state index is 0.0104. The van der Waals surface area contributed by atoms with Gasteiger partial charge in [-0.05, 0) is 49.7 Å². The molecule has 2 rings (SSSR count). The number of benzene rings is 2. The molecule has 6 nitrogen and oxygen atoms in total. The Morgan fingerprint density at radius 1 is 1.17 bits per heavy atom. The Balaban J connectivity index is 1.91. The summed E-state index contributed by atoms with van der Waals surface area (Å²) in [6, 6.07) is 14.9. The first-order valence-electron chi connectivity index (χ1n) is 9.64. The van der Waals surface area contributed by atoms with E-state index in [0.717, 1.165) is 17.9 Å². The number of hydrogen-bond acceptors (Lipinski definition) is 3. The molecule has 1 atom stereocenters. The molecule has 156 valence electrons. The van der Waals surface area contributed by atoms with Crippen molar-refractivity contribution in [2.24, 2.45) is 4.99 Å². The molecule has 2 N–H and O–H groups in total. The maximum Gasteiger partial charge on any atom is 0.253 e. The zero-order valence-electron chi connectivity index (χ0n) is 17.4. The maximum absolute atomic E-state index is 12.0. The van der Waals surface area contributed by atoms with Crippen molar-refractivity contribution in [3.63, 3.8) is 0 Å². The first-order chi connectivity index (χ1) is 13.9. The summed E-state index contributed by atoms with van der Waals surface area (Å²) < 4.78 is 5.88. The van der Waals surface area contributed by atoms with Crippen LogP contribution in [0.25, 0.3) is 0 Å². The highest BCUT2D eigenvalue weighted by Crippen LogP contribution is 2.18. The number of amides is 1. The van der Waals surface area contributed by atoms with Crippen LogP contribution in [0.3, 0.4) is 0 Å². The minimum atomic E-state index is -0.0614. The van der Waals surface area contributed by atoms with Crippen LogP contribution in [0.15, 0.2) is 53.5 Å². The quantitative estimate of drug-likeness (QED) is 0.510. The van der Waals surface area contributed by atoms with E-state index in [1.54, 1.807) is 25.1 Å². The molecule has 0 aliphatic rings. The van der Waals surface area contributed by atoms with Crippen molar-refractivity contribution in [3.8, 4) is 5.75 Å². The molecule has 29 heavy (non-hydrogen) atoms. The Bertz CT molecular complexity index is 822. The maximum atomic E-state index is 12.0. The monoisotopic (exact) mass is 416 g/mol. The molecular formula is C22H29ClN4O2. The van der Waals surface area contributed by atoms with Crippen LogP contribution in [-0.4, -0.2) is 50.1 Å². The molecule has 0 heterocycles. The largest absolute Gasteiger partial charge is 0.489 e. The fourth-order valence-corrected chi connectivity index (χ4v) is 2.76. The highest BCUT2D eigenvalue weighted by molar-refractivity contribution is 6.30. The van der Waals surface area contributed by atoms with E-state index in [4.69, 9.17) is 16.3 Å². The number of carbonyl (C=O) groups is 1. The zero-order chi connectivity index (χ0) is 21.2. The normalized spacial score (nSPS) is 12.2. The van der Waals surface area contributed by atoms with Gasteiger partial charge in [-0.25, -0.2) is 4.99 Å². The molecule has 1 amide bonds. The summed E-state index contributed by atoms with van der Waals surface area (Å²) >= 11 is 5.99. The third-order valence-electron chi connectivity index (χ3n) is 4.06. The van der Waals surface area contributed by atoms with Crippen LogP contribution in [0.4, 0.5) is 0 Å². The third kappa shape index (κ3) is 7.66. The van der Waals surface area contributed by atoms with E-state index < -0.39 is 0 Å². The van der Waals surface area contributed by atoms with Crippen LogP contribution in [0.5, 0.6) is 5.75 Å². The lowest BCUT2D eigenvalue weighted by Gasteiger charge is -2.18. The first-order valence-corrected chi connectivity index (χ1v) is 10.0. The number of nitrogens with zero attached hydrogens (tertiary/aromatic N) is 2. The van der Waals surface area contributed by atoms with Gasteiger partial charge >= 0.3 is 0 Å². The summed E-state index contributed by atoms with van der Waals surface area (Å²) in [5.41, 5.74) is 1.69. The van der Waals surface area contributed by atoms with Gasteiger partial charge in [-0.3, -0.25) is 4.79 Å². The summed E-state index contributed by atoms with van der Waals surface area (Å²) in [4.78, 5) is 18.1. The van der Waals surface area contributed by atoms with Crippen LogP contribution in [0.1, 0.15) is 29.8 Å². The summed E-state index contributed by atoms with van der Waals surface area (Å²) in [7, 11) is 3.48. The molecule has 1 unspecified atom stereocenters. The van der Waals surface area contributed by atoms with Gasteiger partial charge in [0, 0.05) is 31.2 Å². The fraction of sp³-hybridized carbons (Fsp3) is 0.364. The molecule has 0 fully saturated rings. The highest BCUT2D eigenvalue weighted by atomic mass is 35.5. The van der Waals surface area contributed by atoms with Gasteiger partial charge in [0.25, 0.3) is 5.91 Å². The van der Waals surface area contributed by atoms with E-state index >= 15 is 0 Å². The van der Waals surface area contributed by atoms with E-state index in [1.807, 2.05) is 56.3 Å². The average molecular weight is 417 g/mol. The van der Waals surface area contributed by atoms with Crippen molar-refractivity contribution in [1.29, 1.82) is 0 Å². The van der Waals surface area contributed by atoms with Gasteiger partial charge in [0.1, 0.15) is 11.9 Å². The van der Waals surface area contributed by atoms with Crippen LogP contribution >= 0.6 is 11.6 Å². The SMILES string of the molecule is CCNC(=NCc1ccc(C(=O)N(C)C)cc1)NCC(C)Oc1cccc(Cl)c1. The van der Waals surface area contributed by atoms with Crippen molar-refractivity contribution in [1.82, 2.24) is 15.5 Å². The standard InChI is InChI=1S/C22H29ClN4O2/c1-5-24-22(25-14-16(2)29-20-8-6-7-19(23)13-20)26-15-17-9-11-18(12-10-17)21(28)27(3)4/h6-13,16H,5,14-15H2,1-4H3,(H2,24,25,26). The van der Waals surface area contributed by atoms with E-state index in [2.05, 4.69) is 15.6 Å². The number of halogens is 1. The summed E-state index contributed by atoms with van der Waals surface area (Å²) in [5, 5.41) is 7.17. The van der Waals surface area contributed by atoms with Crippen molar-refractivity contribution < 1.29 is 9.53 Å². The highest BCUT2D eigenvalue weighted by Gasteiger charge is 2.08. The van der Waals surface area contributed by atoms with Gasteiger partial charge in [-0.1, -0.05) is 29.8 Å². The first kappa shape index (κ1) is 22.6. The second-order valence-electron chi connectivity index (χ2n) is 6.86. The number of carbonyl (C=O) groups excluding carboxylic acids is 1. The Morgan fingerprint density at radius 2 is 1.90 bits per heavy atom. The summed E-state index contributed by atoms with van der Waals surface area (Å²) in [6.45, 7) is 5.86. The molecule has 0 saturated carbocycles. The van der Waals surface area contributed by atoms with Crippen molar-refractivity contribution in [2.75, 3.05) is 27.2 Å². The lowest BCUT2D eigenvalue weighted by Crippen LogP contribution is -2.41. The lowest BCUT2D eigenvalue weighted by molar-refractivity contribution is 0.0827. The average Bonchev–Trinajstić information content (AvgIpc) is 2.70. The molecule has 2 aromatic rings. The van der Waals surface area contributed by atoms with Gasteiger partial charge in [0.2, 0.25) is 0 Å². The number of ether oxygens (including phenoxy) is 1. The Kier molecular flexibility index (Phi) is 8.80. The van der Waals surface area contributed by atoms with Crippen molar-refractivity contribution in [3.05, 3.63) is 64.7 Å². The predicted octanol–water partition coefficient (Wildman–Crippen LogP) is 3.56. The lowest BCUT2D eigenvalue weighted by atomic mass is 10.1. The number of guanidine groups is 1. The Labute approximate surface area is 177 Å². The fourth-order valence-electron chi connectivity index (χ4n) is 2.58. The number of nitrogens with one attached hydrogen (secondary N) is 2. The summed E-state index contributed by atoms with van der Waals surface area (Å²) in [5.74, 6) is 1.44. The number of rotatable bonds is 8. The topological polar surface area (TPSA) is 66.0 Å². The molecule has 0 aromatic heterocycles. The molecule has 7 heteroatoms. The molecule has 0 saturated heterocycles. The second kappa shape index (κ2) is 11.3. The molecule has 0 spiro atoms. The van der Waals surface area contributed by atoms with Gasteiger partial charge in [0.15, 0.2) is 5.96 Å². The number of aliphatic imine (C=N–C) groups is 1. The minimum Gasteiger partial charge on any atom is -0.489 e. The summed E-state index contributed by atoms with van der Waals surface area (Å²) in [6.07, 6.45) is -0.0614. The predicted molar refractivity (Wildman–Crippen MR) is 119 cm³/mol. The van der Waals surface area contributed by atoms with Crippen LogP contribution < -0.4 is 15.4 Å². The molecule has 0 bridgehead atoms. The van der Waals surface area contributed by atoms with Crippen LogP contribution in [0, 0.1) is 0 Å². The van der Waals surface area contributed by atoms with Gasteiger partial charge < -0.3 is 20.3 Å². The van der Waals surface area contributed by atoms with Crippen LogP contribution in [-0.2, 0) is 6.54 Å². The van der Waals surface area contributed by atoms with Crippen LogP contribution in [0.2, 0.25) is 5.02 Å². The van der Waals surface area contributed by atoms with E-state index in [-0.39, 0.29) is 12.0 Å². The third-order valence-corrected chi connectivity index (χ3v) is 4.30. The molecule has 0 aliphatic heterocycles. The Morgan fingerprint density at radius 3 is 2.52 bits per heavy atom. The second-order valence-corrected chi connectivity index (χ2v) is 7.29. The smallest absolute Gasteiger partial charge is 0.253 e. The Hall–Kier alpha value is -2.73. The van der Waals surface area contributed by atoms with Gasteiger partial charge in [-0.15, -0.1) is 0 Å². The number of hydrogen-bond donors (Lipinski definition) is 2. The molecule has 2 aromatic carbocycles. The molecular weight excluding hydrogens is 388 g/mol. The van der Waals surface area contributed by atoms with E-state index in [1.165, 1.54) is 0 Å². The van der Waals surface area contributed by atoms with Gasteiger partial charge in [-0.2, -0.15) is 0 Å². The van der Waals surface area contributed by atoms with Gasteiger partial charge in [0.05, 0.1) is 13.1 Å². The van der Waals surface area contributed by atoms with E-state index in [9.17, 15) is 4.79 Å². The van der Waals surface area contributed by atoms with Crippen molar-refractivity contribution >= 4 is 23.5 Å². The van der Waals surface area contributed by atoms with E-state index in [0.29, 0.717) is 29.6 Å². The molecule has 0 radical (unpaired) electrons.